The molecule has 0 bridgehead atoms. The van der Waals surface area contributed by atoms with Crippen LogP contribution in [0.15, 0.2) is 6.20 Å². The predicted octanol–water partition coefficient (Wildman–Crippen LogP) is 1.00. The van der Waals surface area contributed by atoms with Gasteiger partial charge in [0.15, 0.2) is 5.82 Å². The third kappa shape index (κ3) is 2.72. The second-order valence-corrected chi connectivity index (χ2v) is 5.54. The molecule has 0 aromatic carbocycles. The van der Waals surface area contributed by atoms with Gasteiger partial charge in [-0.1, -0.05) is 0 Å². The second-order valence-electron chi connectivity index (χ2n) is 5.54. The van der Waals surface area contributed by atoms with Gasteiger partial charge in [0, 0.05) is 18.3 Å². The maximum Gasteiger partial charge on any atom is 0.284 e. The molecule has 5 nitrogen and oxygen atoms in total. The molecular formula is C13H21N4O. The van der Waals surface area contributed by atoms with Crippen molar-refractivity contribution in [2.75, 3.05) is 19.6 Å². The Kier molecular flexibility index (Phi) is 3.71. The average molecular weight is 249 g/mol. The van der Waals surface area contributed by atoms with E-state index in [0.29, 0.717) is 5.82 Å². The summed E-state index contributed by atoms with van der Waals surface area (Å²) in [6.45, 7) is 7.63. The summed E-state index contributed by atoms with van der Waals surface area (Å²) in [6, 6.07) is 0. The van der Waals surface area contributed by atoms with Crippen molar-refractivity contribution in [2.45, 2.75) is 38.6 Å². The normalized spacial score (nSPS) is 17.2. The summed E-state index contributed by atoms with van der Waals surface area (Å²) in [7, 11) is 0. The van der Waals surface area contributed by atoms with Crippen LogP contribution >= 0.6 is 0 Å². The van der Waals surface area contributed by atoms with Crippen LogP contribution in [0.25, 0.3) is 0 Å². The van der Waals surface area contributed by atoms with E-state index in [1.807, 2.05) is 4.57 Å². The van der Waals surface area contributed by atoms with E-state index in [4.69, 9.17) is 5.73 Å². The summed E-state index contributed by atoms with van der Waals surface area (Å²) in [4.78, 5) is 17.7. The van der Waals surface area contributed by atoms with Gasteiger partial charge in [0.1, 0.15) is 6.20 Å². The van der Waals surface area contributed by atoms with E-state index in [0.717, 1.165) is 13.0 Å². The molecule has 0 aliphatic carbocycles. The summed E-state index contributed by atoms with van der Waals surface area (Å²) >= 11 is 0. The number of rotatable bonds is 5. The van der Waals surface area contributed by atoms with Gasteiger partial charge < -0.3 is 15.2 Å². The fraction of sp³-hybridized carbons (Fsp3) is 0.692. The Balaban J connectivity index is 2.04. The zero-order valence-corrected chi connectivity index (χ0v) is 11.1. The molecule has 18 heavy (non-hydrogen) atoms. The predicted molar refractivity (Wildman–Crippen MR) is 69.2 cm³/mol. The molecule has 0 saturated carbocycles. The van der Waals surface area contributed by atoms with Crippen LogP contribution in [0.5, 0.6) is 0 Å². The number of carbonyl (C=O) groups excluding carboxylic acids is 1. The largest absolute Gasteiger partial charge is 0.363 e. The van der Waals surface area contributed by atoms with Crippen LogP contribution in [-0.2, 0) is 5.54 Å². The standard InChI is InChI=1S/C13H21N4O/c1-13(2,5-9-16-7-3-4-8-16)17-10-6-15-12(17)11(14)18/h10H,3-5,7-9H2,1-2H3,(H2,14,18). The van der Waals surface area contributed by atoms with Gasteiger partial charge in [-0.15, -0.1) is 0 Å². The second kappa shape index (κ2) is 5.10. The highest BCUT2D eigenvalue weighted by Crippen LogP contribution is 2.22. The van der Waals surface area contributed by atoms with Gasteiger partial charge in [0.05, 0.1) is 0 Å². The number of imidazole rings is 1. The molecular weight excluding hydrogens is 228 g/mol. The van der Waals surface area contributed by atoms with Crippen molar-refractivity contribution in [3.63, 3.8) is 0 Å². The molecule has 2 rings (SSSR count). The molecule has 1 aliphatic heterocycles. The number of aromatic nitrogens is 2. The van der Waals surface area contributed by atoms with Gasteiger partial charge in [-0.05, 0) is 46.2 Å². The Morgan fingerprint density at radius 2 is 2.17 bits per heavy atom. The van der Waals surface area contributed by atoms with E-state index in [1.54, 1.807) is 6.20 Å². The third-order valence-electron chi connectivity index (χ3n) is 3.70. The Labute approximate surface area is 108 Å². The molecule has 2 N–H and O–H groups in total. The summed E-state index contributed by atoms with van der Waals surface area (Å²) in [5.74, 6) is -0.202. The number of carbonyl (C=O) groups is 1. The SMILES string of the molecule is CC(C)(CCN1CCCC1)n1c[c]nc1C(N)=O. The van der Waals surface area contributed by atoms with Crippen LogP contribution in [0, 0.1) is 6.20 Å². The number of hydrogen-bond acceptors (Lipinski definition) is 3. The Morgan fingerprint density at radius 3 is 2.78 bits per heavy atom. The molecule has 0 unspecified atom stereocenters. The third-order valence-corrected chi connectivity index (χ3v) is 3.70. The molecule has 99 valence electrons. The van der Waals surface area contributed by atoms with E-state index >= 15 is 0 Å². The van der Waals surface area contributed by atoms with Crippen molar-refractivity contribution < 1.29 is 4.79 Å². The molecule has 1 aromatic heterocycles. The first-order valence-electron chi connectivity index (χ1n) is 6.49. The number of nitrogens with zero attached hydrogens (tertiary/aromatic N) is 3. The minimum Gasteiger partial charge on any atom is -0.363 e. The maximum absolute atomic E-state index is 11.3. The highest BCUT2D eigenvalue weighted by atomic mass is 16.1. The number of hydrogen-bond donors (Lipinski definition) is 1. The summed E-state index contributed by atoms with van der Waals surface area (Å²) < 4.78 is 1.84. The quantitative estimate of drug-likeness (QED) is 0.847. The molecule has 0 atom stereocenters. The van der Waals surface area contributed by atoms with Crippen LogP contribution in [0.3, 0.4) is 0 Å². The Bertz CT molecular complexity index is 418. The lowest BCUT2D eigenvalue weighted by Gasteiger charge is -2.30. The van der Waals surface area contributed by atoms with Gasteiger partial charge >= 0.3 is 0 Å². The first-order valence-corrected chi connectivity index (χ1v) is 6.49. The minimum absolute atomic E-state index is 0.167. The van der Waals surface area contributed by atoms with Crippen molar-refractivity contribution in [3.8, 4) is 0 Å². The summed E-state index contributed by atoms with van der Waals surface area (Å²) in [5.41, 5.74) is 5.15. The van der Waals surface area contributed by atoms with E-state index < -0.39 is 5.91 Å². The number of primary amides is 1. The zero-order chi connectivity index (χ0) is 13.2. The molecule has 1 fully saturated rings. The van der Waals surface area contributed by atoms with Crippen molar-refractivity contribution >= 4 is 5.91 Å². The lowest BCUT2D eigenvalue weighted by Crippen LogP contribution is -2.35. The Hall–Kier alpha value is -1.36. The molecule has 1 aliphatic rings. The van der Waals surface area contributed by atoms with E-state index in [2.05, 4.69) is 29.9 Å². The number of nitrogens with two attached hydrogens (primary N) is 1. The highest BCUT2D eigenvalue weighted by molar-refractivity contribution is 5.89. The molecule has 0 spiro atoms. The average Bonchev–Trinajstić information content (AvgIpc) is 2.98. The van der Waals surface area contributed by atoms with Gasteiger partial charge in [-0.2, -0.15) is 0 Å². The number of likely N-dealkylation sites (tertiary alicyclic amines) is 1. The minimum atomic E-state index is -0.495. The fourth-order valence-electron chi connectivity index (χ4n) is 2.46. The zero-order valence-electron chi connectivity index (χ0n) is 11.1. The van der Waals surface area contributed by atoms with Gasteiger partial charge in [-0.25, -0.2) is 4.98 Å². The first-order chi connectivity index (χ1) is 8.50. The lowest BCUT2D eigenvalue weighted by molar-refractivity contribution is 0.0976. The monoisotopic (exact) mass is 249 g/mol. The molecule has 1 saturated heterocycles. The van der Waals surface area contributed by atoms with Crippen LogP contribution in [0.1, 0.15) is 43.7 Å². The van der Waals surface area contributed by atoms with E-state index in [1.165, 1.54) is 25.9 Å². The highest BCUT2D eigenvalue weighted by Gasteiger charge is 2.26. The van der Waals surface area contributed by atoms with Crippen molar-refractivity contribution in [3.05, 3.63) is 18.2 Å². The van der Waals surface area contributed by atoms with E-state index in [9.17, 15) is 4.79 Å². The van der Waals surface area contributed by atoms with Gasteiger partial charge in [0.2, 0.25) is 0 Å². The van der Waals surface area contributed by atoms with Crippen molar-refractivity contribution in [2.24, 2.45) is 5.73 Å². The summed E-state index contributed by atoms with van der Waals surface area (Å²) in [6.07, 6.45) is 7.99. The molecule has 2 heterocycles. The van der Waals surface area contributed by atoms with Gasteiger partial charge in [0.25, 0.3) is 5.91 Å². The van der Waals surface area contributed by atoms with Crippen molar-refractivity contribution in [1.29, 1.82) is 0 Å². The van der Waals surface area contributed by atoms with Crippen LogP contribution in [0.2, 0.25) is 0 Å². The van der Waals surface area contributed by atoms with Gasteiger partial charge in [-0.3, -0.25) is 4.79 Å². The molecule has 1 aromatic rings. The van der Waals surface area contributed by atoms with E-state index in [-0.39, 0.29) is 5.54 Å². The van der Waals surface area contributed by atoms with Crippen LogP contribution in [-0.4, -0.2) is 40.0 Å². The van der Waals surface area contributed by atoms with Crippen molar-refractivity contribution in [1.82, 2.24) is 14.5 Å². The Morgan fingerprint density at radius 1 is 1.50 bits per heavy atom. The molecule has 5 heteroatoms. The lowest BCUT2D eigenvalue weighted by atomic mass is 9.99. The molecule has 1 amide bonds. The van der Waals surface area contributed by atoms with Crippen LogP contribution < -0.4 is 5.73 Å². The number of amides is 1. The topological polar surface area (TPSA) is 64.2 Å². The van der Waals surface area contributed by atoms with Crippen LogP contribution in [0.4, 0.5) is 0 Å². The summed E-state index contributed by atoms with van der Waals surface area (Å²) in [5, 5.41) is 0. The maximum atomic E-state index is 11.3. The molecule has 1 radical (unpaired) electrons. The smallest absolute Gasteiger partial charge is 0.284 e. The first kappa shape index (κ1) is 13.1. The fourth-order valence-corrected chi connectivity index (χ4v) is 2.46.